The molecule has 0 fully saturated rings. The fraction of sp³-hybridized carbons (Fsp3) is 0.667. The highest BCUT2D eigenvalue weighted by Gasteiger charge is 2.17. The van der Waals surface area contributed by atoms with Gasteiger partial charge in [-0.3, -0.25) is 4.68 Å². The van der Waals surface area contributed by atoms with Crippen molar-refractivity contribution in [3.05, 3.63) is 11.5 Å². The molecule has 2 rings (SSSR count). The van der Waals surface area contributed by atoms with Gasteiger partial charge in [0.05, 0.1) is 11.6 Å². The van der Waals surface area contributed by atoms with Crippen molar-refractivity contribution in [2.45, 2.75) is 45.5 Å². The third-order valence-corrected chi connectivity index (χ3v) is 3.30. The molecule has 0 atom stereocenters. The van der Waals surface area contributed by atoms with Gasteiger partial charge in [0.25, 0.3) is 0 Å². The van der Waals surface area contributed by atoms with Crippen molar-refractivity contribution in [2.24, 2.45) is 7.05 Å². The SMILES string of the molecule is CCCCn1c(CCl)nc2c(CC)nn(C)c21. The Bertz CT molecular complexity index is 512. The number of alkyl halides is 1. The molecule has 0 aliphatic carbocycles. The first kappa shape index (κ1) is 12.4. The summed E-state index contributed by atoms with van der Waals surface area (Å²) in [6, 6.07) is 0. The summed E-state index contributed by atoms with van der Waals surface area (Å²) in [4.78, 5) is 4.62. The second-order valence-electron chi connectivity index (χ2n) is 4.26. The van der Waals surface area contributed by atoms with Crippen LogP contribution in [0.2, 0.25) is 0 Å². The van der Waals surface area contributed by atoms with Crippen LogP contribution in [0.25, 0.3) is 11.2 Å². The third-order valence-electron chi connectivity index (χ3n) is 3.06. The van der Waals surface area contributed by atoms with Crippen LogP contribution in [0.4, 0.5) is 0 Å². The van der Waals surface area contributed by atoms with Crippen LogP contribution in [0.1, 0.15) is 38.2 Å². The number of hydrogen-bond donors (Lipinski definition) is 0. The van der Waals surface area contributed by atoms with E-state index in [2.05, 4.69) is 28.5 Å². The van der Waals surface area contributed by atoms with Gasteiger partial charge in [0.15, 0.2) is 5.65 Å². The fourth-order valence-electron chi connectivity index (χ4n) is 2.18. The number of unbranched alkanes of at least 4 members (excludes halogenated alkanes) is 1. The predicted molar refractivity (Wildman–Crippen MR) is 70.3 cm³/mol. The summed E-state index contributed by atoms with van der Waals surface area (Å²) in [5, 5.41) is 4.50. The summed E-state index contributed by atoms with van der Waals surface area (Å²) in [5.41, 5.74) is 3.18. The molecular weight excluding hydrogens is 236 g/mol. The zero-order valence-corrected chi connectivity index (χ0v) is 11.5. The monoisotopic (exact) mass is 254 g/mol. The van der Waals surface area contributed by atoms with Crippen LogP contribution < -0.4 is 0 Å². The number of hydrogen-bond acceptors (Lipinski definition) is 2. The van der Waals surface area contributed by atoms with E-state index >= 15 is 0 Å². The standard InChI is InChI=1S/C12H19ClN4/c1-4-6-7-17-10(8-13)14-11-9(5-2)15-16(3)12(11)17/h4-8H2,1-3H3. The van der Waals surface area contributed by atoms with Crippen LogP contribution in [-0.2, 0) is 25.9 Å². The Morgan fingerprint density at radius 2 is 2.06 bits per heavy atom. The molecule has 94 valence electrons. The molecule has 0 aliphatic rings. The number of halogens is 1. The topological polar surface area (TPSA) is 35.6 Å². The summed E-state index contributed by atoms with van der Waals surface area (Å²) in [7, 11) is 1.98. The lowest BCUT2D eigenvalue weighted by Gasteiger charge is -2.06. The molecule has 0 N–H and O–H groups in total. The van der Waals surface area contributed by atoms with Gasteiger partial charge in [0.2, 0.25) is 0 Å². The number of nitrogens with zero attached hydrogens (tertiary/aromatic N) is 4. The summed E-state index contributed by atoms with van der Waals surface area (Å²) < 4.78 is 4.13. The maximum Gasteiger partial charge on any atom is 0.158 e. The largest absolute Gasteiger partial charge is 0.312 e. The molecule has 0 bridgehead atoms. The van der Waals surface area contributed by atoms with E-state index in [4.69, 9.17) is 11.6 Å². The lowest BCUT2D eigenvalue weighted by Crippen LogP contribution is -2.06. The lowest BCUT2D eigenvalue weighted by molar-refractivity contribution is 0.607. The van der Waals surface area contributed by atoms with Gasteiger partial charge in [-0.15, -0.1) is 11.6 Å². The predicted octanol–water partition coefficient (Wildman–Crippen LogP) is 2.87. The van der Waals surface area contributed by atoms with Gasteiger partial charge in [-0.25, -0.2) is 4.98 Å². The van der Waals surface area contributed by atoms with Crippen LogP contribution in [0.15, 0.2) is 0 Å². The molecule has 2 aromatic heterocycles. The van der Waals surface area contributed by atoms with Crippen LogP contribution in [-0.4, -0.2) is 19.3 Å². The summed E-state index contributed by atoms with van der Waals surface area (Å²) in [6.45, 7) is 5.26. The van der Waals surface area contributed by atoms with E-state index in [-0.39, 0.29) is 0 Å². The Balaban J connectivity index is 2.57. The first-order valence-electron chi connectivity index (χ1n) is 6.19. The highest BCUT2D eigenvalue weighted by molar-refractivity contribution is 6.16. The molecule has 0 saturated heterocycles. The number of aromatic nitrogens is 4. The fourth-order valence-corrected chi connectivity index (χ4v) is 2.38. The van der Waals surface area contributed by atoms with Crippen molar-refractivity contribution in [2.75, 3.05) is 0 Å². The van der Waals surface area contributed by atoms with Gasteiger partial charge in [-0.1, -0.05) is 20.3 Å². The molecule has 0 radical (unpaired) electrons. The molecular formula is C12H19ClN4. The zero-order chi connectivity index (χ0) is 12.4. The van der Waals surface area contributed by atoms with E-state index in [0.29, 0.717) is 5.88 Å². The first-order chi connectivity index (χ1) is 8.22. The van der Waals surface area contributed by atoms with E-state index in [0.717, 1.165) is 42.1 Å². The maximum absolute atomic E-state index is 5.97. The van der Waals surface area contributed by atoms with Crippen LogP contribution in [0, 0.1) is 0 Å². The Morgan fingerprint density at radius 1 is 1.29 bits per heavy atom. The zero-order valence-electron chi connectivity index (χ0n) is 10.7. The molecule has 0 saturated carbocycles. The van der Waals surface area contributed by atoms with E-state index in [1.165, 1.54) is 6.42 Å². The molecule has 0 unspecified atom stereocenters. The average molecular weight is 255 g/mol. The molecule has 17 heavy (non-hydrogen) atoms. The maximum atomic E-state index is 5.97. The van der Waals surface area contributed by atoms with Crippen LogP contribution in [0.3, 0.4) is 0 Å². The van der Waals surface area contributed by atoms with Crippen molar-refractivity contribution in [1.29, 1.82) is 0 Å². The van der Waals surface area contributed by atoms with Crippen LogP contribution in [0.5, 0.6) is 0 Å². The second kappa shape index (κ2) is 5.08. The van der Waals surface area contributed by atoms with Gasteiger partial charge in [-0.05, 0) is 12.8 Å². The first-order valence-corrected chi connectivity index (χ1v) is 6.73. The van der Waals surface area contributed by atoms with Crippen LogP contribution >= 0.6 is 11.6 Å². The van der Waals surface area contributed by atoms with Gasteiger partial charge in [-0.2, -0.15) is 5.10 Å². The lowest BCUT2D eigenvalue weighted by atomic mass is 10.3. The Morgan fingerprint density at radius 3 is 2.65 bits per heavy atom. The van der Waals surface area contributed by atoms with Gasteiger partial charge < -0.3 is 4.57 Å². The van der Waals surface area contributed by atoms with E-state index in [1.807, 2.05) is 11.7 Å². The molecule has 5 heteroatoms. The van der Waals surface area contributed by atoms with Crippen molar-refractivity contribution >= 4 is 22.8 Å². The summed E-state index contributed by atoms with van der Waals surface area (Å²) in [5.74, 6) is 1.42. The molecule has 4 nitrogen and oxygen atoms in total. The van der Waals surface area contributed by atoms with Crippen molar-refractivity contribution in [1.82, 2.24) is 19.3 Å². The minimum atomic E-state index is 0.460. The average Bonchev–Trinajstić information content (AvgIpc) is 2.84. The highest BCUT2D eigenvalue weighted by atomic mass is 35.5. The van der Waals surface area contributed by atoms with E-state index in [9.17, 15) is 0 Å². The number of imidazole rings is 1. The molecule has 2 aromatic rings. The van der Waals surface area contributed by atoms with E-state index < -0.39 is 0 Å². The second-order valence-corrected chi connectivity index (χ2v) is 4.53. The molecule has 0 aliphatic heterocycles. The van der Waals surface area contributed by atoms with Crippen molar-refractivity contribution < 1.29 is 0 Å². The molecule has 0 aromatic carbocycles. The van der Waals surface area contributed by atoms with Gasteiger partial charge in [0.1, 0.15) is 11.3 Å². The quantitative estimate of drug-likeness (QED) is 0.770. The van der Waals surface area contributed by atoms with Crippen molar-refractivity contribution in [3.8, 4) is 0 Å². The number of aryl methyl sites for hydroxylation is 3. The van der Waals surface area contributed by atoms with E-state index in [1.54, 1.807) is 0 Å². The third kappa shape index (κ3) is 2.06. The Kier molecular flexibility index (Phi) is 3.72. The smallest absolute Gasteiger partial charge is 0.158 e. The highest BCUT2D eigenvalue weighted by Crippen LogP contribution is 2.21. The summed E-state index contributed by atoms with van der Waals surface area (Å²) in [6.07, 6.45) is 3.21. The number of rotatable bonds is 5. The Labute approximate surface area is 107 Å². The normalized spacial score (nSPS) is 11.5. The summed E-state index contributed by atoms with van der Waals surface area (Å²) >= 11 is 5.97. The van der Waals surface area contributed by atoms with Crippen molar-refractivity contribution in [3.63, 3.8) is 0 Å². The van der Waals surface area contributed by atoms with Gasteiger partial charge in [0, 0.05) is 13.6 Å². The minimum absolute atomic E-state index is 0.460. The number of fused-ring (bicyclic) bond motifs is 1. The molecule has 2 heterocycles. The molecule has 0 amide bonds. The Hall–Kier alpha value is -1.03. The molecule has 0 spiro atoms. The minimum Gasteiger partial charge on any atom is -0.312 e. The van der Waals surface area contributed by atoms with Gasteiger partial charge >= 0.3 is 0 Å².